The van der Waals surface area contributed by atoms with Gasteiger partial charge >= 0.3 is 5.97 Å². The van der Waals surface area contributed by atoms with Crippen molar-refractivity contribution in [2.45, 2.75) is 44.9 Å². The predicted octanol–water partition coefficient (Wildman–Crippen LogP) is 0.376. The number of morpholine rings is 1. The standard InChI is InChI=1S/C12H24N2O3/c1-9-7-14(8-12(2,3)17-9)6-5-10(13)11(15)16-4/h9-10H,5-8,13H2,1-4H3. The van der Waals surface area contributed by atoms with E-state index >= 15 is 0 Å². The summed E-state index contributed by atoms with van der Waals surface area (Å²) in [5, 5.41) is 0. The minimum Gasteiger partial charge on any atom is -0.468 e. The second-order valence-electron chi connectivity index (χ2n) is 5.34. The van der Waals surface area contributed by atoms with Crippen LogP contribution in [0.4, 0.5) is 0 Å². The van der Waals surface area contributed by atoms with Crippen LogP contribution in [-0.2, 0) is 14.3 Å². The van der Waals surface area contributed by atoms with Gasteiger partial charge in [-0.25, -0.2) is 0 Å². The molecular formula is C12H24N2O3. The first-order valence-corrected chi connectivity index (χ1v) is 6.07. The van der Waals surface area contributed by atoms with Gasteiger partial charge in [-0.1, -0.05) is 0 Å². The maximum absolute atomic E-state index is 11.2. The van der Waals surface area contributed by atoms with E-state index in [9.17, 15) is 4.79 Å². The van der Waals surface area contributed by atoms with Crippen molar-refractivity contribution in [3.63, 3.8) is 0 Å². The Kier molecular flexibility index (Phi) is 4.91. The molecule has 0 spiro atoms. The lowest BCUT2D eigenvalue weighted by Crippen LogP contribution is -2.52. The number of carbonyl (C=O) groups is 1. The summed E-state index contributed by atoms with van der Waals surface area (Å²) >= 11 is 0. The highest BCUT2D eigenvalue weighted by Crippen LogP contribution is 2.20. The van der Waals surface area contributed by atoms with Crippen LogP contribution in [0.1, 0.15) is 27.2 Å². The quantitative estimate of drug-likeness (QED) is 0.724. The molecule has 5 heteroatoms. The third-order valence-electron chi connectivity index (χ3n) is 2.90. The fourth-order valence-electron chi connectivity index (χ4n) is 2.35. The summed E-state index contributed by atoms with van der Waals surface area (Å²) < 4.78 is 10.4. The molecule has 1 heterocycles. The van der Waals surface area contributed by atoms with Crippen molar-refractivity contribution < 1.29 is 14.3 Å². The lowest BCUT2D eigenvalue weighted by Gasteiger charge is -2.42. The van der Waals surface area contributed by atoms with E-state index in [1.54, 1.807) is 0 Å². The molecule has 1 aliphatic heterocycles. The summed E-state index contributed by atoms with van der Waals surface area (Å²) in [4.78, 5) is 13.5. The molecular weight excluding hydrogens is 220 g/mol. The lowest BCUT2D eigenvalue weighted by atomic mass is 10.0. The monoisotopic (exact) mass is 244 g/mol. The van der Waals surface area contributed by atoms with Crippen LogP contribution >= 0.6 is 0 Å². The molecule has 0 amide bonds. The molecule has 0 aliphatic carbocycles. The van der Waals surface area contributed by atoms with Crippen molar-refractivity contribution >= 4 is 5.97 Å². The van der Waals surface area contributed by atoms with Crippen molar-refractivity contribution in [1.29, 1.82) is 0 Å². The number of ether oxygens (including phenoxy) is 2. The van der Waals surface area contributed by atoms with Crippen LogP contribution in [0.2, 0.25) is 0 Å². The molecule has 2 N–H and O–H groups in total. The SMILES string of the molecule is COC(=O)C(N)CCN1CC(C)OC(C)(C)C1. The van der Waals surface area contributed by atoms with Crippen molar-refractivity contribution in [3.8, 4) is 0 Å². The maximum atomic E-state index is 11.2. The van der Waals surface area contributed by atoms with Crippen molar-refractivity contribution in [1.82, 2.24) is 4.90 Å². The summed E-state index contributed by atoms with van der Waals surface area (Å²) in [6.45, 7) is 8.77. The highest BCUT2D eigenvalue weighted by atomic mass is 16.5. The largest absolute Gasteiger partial charge is 0.468 e. The first-order valence-electron chi connectivity index (χ1n) is 6.07. The molecule has 0 aromatic heterocycles. The number of hydrogen-bond donors (Lipinski definition) is 1. The zero-order valence-corrected chi connectivity index (χ0v) is 11.2. The van der Waals surface area contributed by atoms with Crippen LogP contribution in [0.3, 0.4) is 0 Å². The number of methoxy groups -OCH3 is 1. The summed E-state index contributed by atoms with van der Waals surface area (Å²) in [5.41, 5.74) is 5.58. The van der Waals surface area contributed by atoms with E-state index in [0.29, 0.717) is 6.42 Å². The molecule has 100 valence electrons. The van der Waals surface area contributed by atoms with Gasteiger partial charge in [-0.2, -0.15) is 0 Å². The fraction of sp³-hybridized carbons (Fsp3) is 0.917. The summed E-state index contributed by atoms with van der Waals surface area (Å²) in [5.74, 6) is -0.342. The number of esters is 1. The number of carbonyl (C=O) groups excluding carboxylic acids is 1. The molecule has 0 saturated carbocycles. The molecule has 0 aromatic carbocycles. The third-order valence-corrected chi connectivity index (χ3v) is 2.90. The average Bonchev–Trinajstić information content (AvgIpc) is 2.22. The van der Waals surface area contributed by atoms with Crippen molar-refractivity contribution in [2.75, 3.05) is 26.7 Å². The van der Waals surface area contributed by atoms with Crippen LogP contribution in [0, 0.1) is 0 Å². The topological polar surface area (TPSA) is 64.8 Å². The molecule has 1 saturated heterocycles. The second-order valence-corrected chi connectivity index (χ2v) is 5.34. The third kappa shape index (κ3) is 4.61. The van der Waals surface area contributed by atoms with E-state index in [0.717, 1.165) is 19.6 Å². The Hall–Kier alpha value is -0.650. The Morgan fingerprint density at radius 1 is 1.65 bits per heavy atom. The van der Waals surface area contributed by atoms with Crippen LogP contribution in [-0.4, -0.2) is 55.4 Å². The molecule has 0 radical (unpaired) electrons. The average molecular weight is 244 g/mol. The molecule has 5 nitrogen and oxygen atoms in total. The number of hydrogen-bond acceptors (Lipinski definition) is 5. The molecule has 2 atom stereocenters. The van der Waals surface area contributed by atoms with Gasteiger partial charge in [0.15, 0.2) is 0 Å². The van der Waals surface area contributed by atoms with Crippen molar-refractivity contribution in [2.24, 2.45) is 5.73 Å². The van der Waals surface area contributed by atoms with E-state index in [-0.39, 0.29) is 17.7 Å². The van der Waals surface area contributed by atoms with Crippen LogP contribution < -0.4 is 5.73 Å². The molecule has 1 fully saturated rings. The Labute approximate surface area is 103 Å². The number of nitrogens with zero attached hydrogens (tertiary/aromatic N) is 1. The minimum absolute atomic E-state index is 0.132. The number of rotatable bonds is 4. The highest BCUT2D eigenvalue weighted by Gasteiger charge is 2.31. The number of nitrogens with two attached hydrogens (primary N) is 1. The summed E-state index contributed by atoms with van der Waals surface area (Å²) in [6.07, 6.45) is 0.836. The molecule has 0 aromatic rings. The first kappa shape index (κ1) is 14.4. The predicted molar refractivity (Wildman–Crippen MR) is 65.7 cm³/mol. The molecule has 1 aliphatic rings. The molecule has 2 unspecified atom stereocenters. The lowest BCUT2D eigenvalue weighted by molar-refractivity contribution is -0.143. The van der Waals surface area contributed by atoms with Gasteiger partial charge in [0.1, 0.15) is 6.04 Å². The normalized spacial score (nSPS) is 26.5. The van der Waals surface area contributed by atoms with E-state index in [4.69, 9.17) is 10.5 Å². The Bertz CT molecular complexity index is 268. The highest BCUT2D eigenvalue weighted by molar-refractivity contribution is 5.75. The first-order chi connectivity index (χ1) is 7.84. The Morgan fingerprint density at radius 2 is 2.29 bits per heavy atom. The zero-order valence-electron chi connectivity index (χ0n) is 11.2. The molecule has 1 rings (SSSR count). The van der Waals surface area contributed by atoms with Gasteiger partial charge < -0.3 is 15.2 Å². The van der Waals surface area contributed by atoms with E-state index < -0.39 is 6.04 Å². The maximum Gasteiger partial charge on any atom is 0.322 e. The second kappa shape index (κ2) is 5.80. The van der Waals surface area contributed by atoms with Crippen LogP contribution in [0.25, 0.3) is 0 Å². The van der Waals surface area contributed by atoms with Gasteiger partial charge in [0.2, 0.25) is 0 Å². The Morgan fingerprint density at radius 3 is 2.82 bits per heavy atom. The summed E-state index contributed by atoms with van der Waals surface area (Å²) in [6, 6.07) is -0.527. The van der Waals surface area contributed by atoms with E-state index in [1.165, 1.54) is 7.11 Å². The van der Waals surface area contributed by atoms with Gasteiger partial charge in [0.25, 0.3) is 0 Å². The van der Waals surface area contributed by atoms with Gasteiger partial charge in [-0.15, -0.1) is 0 Å². The Balaban J connectivity index is 2.39. The smallest absolute Gasteiger partial charge is 0.322 e. The zero-order chi connectivity index (χ0) is 13.1. The fourth-order valence-corrected chi connectivity index (χ4v) is 2.35. The van der Waals surface area contributed by atoms with Crippen LogP contribution in [0.5, 0.6) is 0 Å². The molecule has 17 heavy (non-hydrogen) atoms. The van der Waals surface area contributed by atoms with Gasteiger partial charge in [0, 0.05) is 19.6 Å². The van der Waals surface area contributed by atoms with Gasteiger partial charge in [0.05, 0.1) is 18.8 Å². The van der Waals surface area contributed by atoms with E-state index in [1.807, 2.05) is 0 Å². The molecule has 0 bridgehead atoms. The van der Waals surface area contributed by atoms with Crippen molar-refractivity contribution in [3.05, 3.63) is 0 Å². The minimum atomic E-state index is -0.527. The van der Waals surface area contributed by atoms with E-state index in [2.05, 4.69) is 30.4 Å². The van der Waals surface area contributed by atoms with Gasteiger partial charge in [-0.3, -0.25) is 9.69 Å². The van der Waals surface area contributed by atoms with Gasteiger partial charge in [-0.05, 0) is 27.2 Å². The summed E-state index contributed by atoms with van der Waals surface area (Å²) in [7, 11) is 1.36. The van der Waals surface area contributed by atoms with Crippen LogP contribution in [0.15, 0.2) is 0 Å².